The average molecular weight is 326 g/mol. The summed E-state index contributed by atoms with van der Waals surface area (Å²) in [4.78, 5) is 25.2. The number of benzene rings is 1. The third kappa shape index (κ3) is 2.30. The van der Waals surface area contributed by atoms with Crippen molar-refractivity contribution in [2.45, 2.75) is 51.6 Å². The molecule has 5 nitrogen and oxygen atoms in total. The van der Waals surface area contributed by atoms with E-state index in [1.165, 1.54) is 27.7 Å². The van der Waals surface area contributed by atoms with E-state index in [1.807, 2.05) is 4.90 Å². The lowest BCUT2D eigenvalue weighted by atomic mass is 9.89. The van der Waals surface area contributed by atoms with Gasteiger partial charge >= 0.3 is 5.97 Å². The van der Waals surface area contributed by atoms with E-state index in [0.29, 0.717) is 6.54 Å². The molecule has 1 aromatic carbocycles. The molecule has 24 heavy (non-hydrogen) atoms. The topological polar surface area (TPSA) is 62.5 Å². The molecule has 126 valence electrons. The third-order valence-corrected chi connectivity index (χ3v) is 5.40. The molecule has 1 aromatic heterocycles. The zero-order valence-corrected chi connectivity index (χ0v) is 13.9. The zero-order valence-electron chi connectivity index (χ0n) is 13.9. The highest BCUT2D eigenvalue weighted by Crippen LogP contribution is 2.42. The fourth-order valence-corrected chi connectivity index (χ4v) is 4.37. The van der Waals surface area contributed by atoms with Crippen molar-refractivity contribution in [3.8, 4) is 0 Å². The van der Waals surface area contributed by atoms with Gasteiger partial charge in [0.15, 0.2) is 0 Å². The fraction of sp³-hybridized carbons (Fsp3) is 0.474. The van der Waals surface area contributed by atoms with Crippen LogP contribution in [0.2, 0.25) is 0 Å². The monoisotopic (exact) mass is 326 g/mol. The smallest absolute Gasteiger partial charge is 0.303 e. The third-order valence-electron chi connectivity index (χ3n) is 5.40. The Morgan fingerprint density at radius 2 is 2.08 bits per heavy atom. The first-order valence-corrected chi connectivity index (χ1v) is 8.69. The van der Waals surface area contributed by atoms with Crippen molar-refractivity contribution in [3.05, 3.63) is 35.0 Å². The van der Waals surface area contributed by atoms with Gasteiger partial charge in [-0.15, -0.1) is 0 Å². The van der Waals surface area contributed by atoms with E-state index in [9.17, 15) is 9.59 Å². The Hall–Kier alpha value is -2.30. The fourth-order valence-electron chi connectivity index (χ4n) is 4.37. The van der Waals surface area contributed by atoms with Gasteiger partial charge in [0.05, 0.1) is 12.5 Å². The number of aryl methyl sites for hydroxylation is 2. The molecular weight excluding hydrogens is 304 g/mol. The molecular formula is C19H22N2O3. The van der Waals surface area contributed by atoms with Gasteiger partial charge in [0.25, 0.3) is 0 Å². The Labute approximate surface area is 140 Å². The molecule has 2 heterocycles. The Balaban J connectivity index is 1.75. The molecule has 0 saturated carbocycles. The summed E-state index contributed by atoms with van der Waals surface area (Å²) >= 11 is 0. The maximum atomic E-state index is 12.5. The molecule has 2 aliphatic rings. The molecule has 4 rings (SSSR count). The van der Waals surface area contributed by atoms with Gasteiger partial charge in [-0.3, -0.25) is 9.59 Å². The van der Waals surface area contributed by atoms with Crippen molar-refractivity contribution >= 4 is 22.8 Å². The second-order valence-corrected chi connectivity index (χ2v) is 6.92. The van der Waals surface area contributed by atoms with Crippen LogP contribution in [0.3, 0.4) is 0 Å². The van der Waals surface area contributed by atoms with Crippen molar-refractivity contribution in [2.75, 3.05) is 6.54 Å². The van der Waals surface area contributed by atoms with Crippen LogP contribution in [0.25, 0.3) is 10.9 Å². The van der Waals surface area contributed by atoms with E-state index in [0.717, 1.165) is 25.8 Å². The van der Waals surface area contributed by atoms with Crippen molar-refractivity contribution in [2.24, 2.45) is 0 Å². The molecule has 1 aliphatic heterocycles. The highest BCUT2D eigenvalue weighted by atomic mass is 16.4. The number of aromatic nitrogens is 1. The van der Waals surface area contributed by atoms with Crippen LogP contribution >= 0.6 is 0 Å². The first-order chi connectivity index (χ1) is 11.6. The number of rotatable bonds is 3. The number of aliphatic carboxylic acids is 1. The largest absolute Gasteiger partial charge is 0.481 e. The van der Waals surface area contributed by atoms with E-state index in [4.69, 9.17) is 5.11 Å². The number of carboxylic acids is 1. The molecule has 1 amide bonds. The van der Waals surface area contributed by atoms with Gasteiger partial charge in [0.1, 0.15) is 0 Å². The lowest BCUT2D eigenvalue weighted by molar-refractivity contribution is -0.142. The zero-order chi connectivity index (χ0) is 16.8. The molecule has 1 atom stereocenters. The van der Waals surface area contributed by atoms with Crippen LogP contribution in [-0.2, 0) is 22.6 Å². The molecule has 0 fully saturated rings. The summed E-state index contributed by atoms with van der Waals surface area (Å²) in [5.41, 5.74) is 5.21. The number of carboxylic acid groups (broad SMARTS) is 1. The van der Waals surface area contributed by atoms with Crippen LogP contribution in [0.15, 0.2) is 18.2 Å². The molecule has 1 aliphatic carbocycles. The van der Waals surface area contributed by atoms with Gasteiger partial charge in [-0.05, 0) is 43.9 Å². The van der Waals surface area contributed by atoms with Crippen molar-refractivity contribution in [3.63, 3.8) is 0 Å². The van der Waals surface area contributed by atoms with E-state index in [2.05, 4.69) is 29.7 Å². The summed E-state index contributed by atoms with van der Waals surface area (Å²) < 4.78 is 2.38. The van der Waals surface area contributed by atoms with Crippen LogP contribution in [0.5, 0.6) is 0 Å². The van der Waals surface area contributed by atoms with E-state index < -0.39 is 5.97 Å². The molecule has 0 saturated heterocycles. The normalized spacial score (nSPS) is 19.4. The Bertz CT molecular complexity index is 837. The lowest BCUT2D eigenvalue weighted by Crippen LogP contribution is -2.43. The number of nitrogens with zero attached hydrogens (tertiary/aromatic N) is 2. The summed E-state index contributed by atoms with van der Waals surface area (Å²) in [6.07, 6.45) is 3.13. The second-order valence-electron chi connectivity index (χ2n) is 6.92. The van der Waals surface area contributed by atoms with Gasteiger partial charge in [-0.25, -0.2) is 0 Å². The minimum absolute atomic E-state index is 0.0251. The maximum Gasteiger partial charge on any atom is 0.303 e. The number of amides is 1. The second kappa shape index (κ2) is 5.65. The molecule has 0 spiro atoms. The summed E-state index contributed by atoms with van der Waals surface area (Å²) in [6, 6.07) is 6.71. The van der Waals surface area contributed by atoms with E-state index in [-0.39, 0.29) is 24.8 Å². The molecule has 1 unspecified atom stereocenters. The predicted molar refractivity (Wildman–Crippen MR) is 90.9 cm³/mol. The number of carbonyl (C=O) groups is 2. The molecule has 1 N–H and O–H groups in total. The van der Waals surface area contributed by atoms with Crippen LogP contribution in [0.4, 0.5) is 0 Å². The SMILES string of the molecule is Cc1ccc2c(c1)c1c3n2CCN(C(=O)CCC(=O)O)C3CCC1. The first kappa shape index (κ1) is 15.2. The van der Waals surface area contributed by atoms with Crippen molar-refractivity contribution in [1.82, 2.24) is 9.47 Å². The average Bonchev–Trinajstić information content (AvgIpc) is 2.88. The van der Waals surface area contributed by atoms with Gasteiger partial charge in [-0.1, -0.05) is 11.6 Å². The van der Waals surface area contributed by atoms with Crippen LogP contribution in [-0.4, -0.2) is 33.0 Å². The Kier molecular flexibility index (Phi) is 3.59. The van der Waals surface area contributed by atoms with Crippen LogP contribution in [0.1, 0.15) is 48.5 Å². The molecule has 0 bridgehead atoms. The van der Waals surface area contributed by atoms with Gasteiger partial charge in [-0.2, -0.15) is 0 Å². The van der Waals surface area contributed by atoms with E-state index in [1.54, 1.807) is 0 Å². The Morgan fingerprint density at radius 1 is 1.25 bits per heavy atom. The minimum Gasteiger partial charge on any atom is -0.481 e. The van der Waals surface area contributed by atoms with Gasteiger partial charge < -0.3 is 14.6 Å². The number of hydrogen-bond acceptors (Lipinski definition) is 2. The molecule has 5 heteroatoms. The van der Waals surface area contributed by atoms with Gasteiger partial charge in [0.2, 0.25) is 5.91 Å². The highest BCUT2D eigenvalue weighted by Gasteiger charge is 2.36. The predicted octanol–water partition coefficient (Wildman–Crippen LogP) is 3.03. The summed E-state index contributed by atoms with van der Waals surface area (Å²) in [5.74, 6) is -0.933. The quantitative estimate of drug-likeness (QED) is 0.943. The summed E-state index contributed by atoms with van der Waals surface area (Å²) in [6.45, 7) is 3.59. The first-order valence-electron chi connectivity index (χ1n) is 8.69. The minimum atomic E-state index is -0.908. The number of fused-ring (bicyclic) bond motifs is 3. The molecule has 0 radical (unpaired) electrons. The molecule has 2 aromatic rings. The lowest BCUT2D eigenvalue weighted by Gasteiger charge is -2.40. The Morgan fingerprint density at radius 3 is 2.88 bits per heavy atom. The summed E-state index contributed by atoms with van der Waals surface area (Å²) in [7, 11) is 0. The highest BCUT2D eigenvalue weighted by molar-refractivity contribution is 5.88. The van der Waals surface area contributed by atoms with Crippen LogP contribution < -0.4 is 0 Å². The van der Waals surface area contributed by atoms with Crippen LogP contribution in [0, 0.1) is 6.92 Å². The standard InChI is InChI=1S/C19H22N2O3/c1-12-5-6-15-14(11-12)13-3-2-4-16-19(13)21(15)10-9-20(16)17(22)7-8-18(23)24/h5-6,11,16H,2-4,7-10H2,1H3,(H,23,24). The van der Waals surface area contributed by atoms with Crippen molar-refractivity contribution in [1.29, 1.82) is 0 Å². The summed E-state index contributed by atoms with van der Waals surface area (Å²) in [5, 5.41) is 10.2. The van der Waals surface area contributed by atoms with Crippen molar-refractivity contribution < 1.29 is 14.7 Å². The van der Waals surface area contributed by atoms with E-state index >= 15 is 0 Å². The number of carbonyl (C=O) groups excluding carboxylic acids is 1. The maximum absolute atomic E-state index is 12.5. The van der Waals surface area contributed by atoms with Gasteiger partial charge in [0, 0.05) is 36.1 Å². The number of hydrogen-bond donors (Lipinski definition) is 1.